The lowest BCUT2D eigenvalue weighted by Gasteiger charge is -2.53. The SMILES string of the molecule is CC1(C)CCCC(C)(C)N1C(O)C(=O)O. The normalized spacial score (nSPS) is 27.3. The van der Waals surface area contributed by atoms with E-state index in [1.807, 2.05) is 27.7 Å². The molecule has 1 rings (SSSR count). The van der Waals surface area contributed by atoms with Gasteiger partial charge in [-0.2, -0.15) is 0 Å². The van der Waals surface area contributed by atoms with Crippen molar-refractivity contribution >= 4 is 5.97 Å². The number of nitrogens with zero attached hydrogens (tertiary/aromatic N) is 1. The second-order valence-corrected chi connectivity index (χ2v) is 5.56. The van der Waals surface area contributed by atoms with Crippen LogP contribution in [0, 0.1) is 0 Å². The molecule has 0 spiro atoms. The predicted molar refractivity (Wildman–Crippen MR) is 57.5 cm³/mol. The molecular formula is C11H21NO3. The Labute approximate surface area is 90.9 Å². The molecule has 1 fully saturated rings. The molecule has 0 aromatic rings. The summed E-state index contributed by atoms with van der Waals surface area (Å²) in [6, 6.07) is 0. The molecule has 0 bridgehead atoms. The number of hydrogen-bond donors (Lipinski definition) is 2. The van der Waals surface area contributed by atoms with Crippen LogP contribution in [0.3, 0.4) is 0 Å². The van der Waals surface area contributed by atoms with Gasteiger partial charge in [-0.1, -0.05) is 0 Å². The summed E-state index contributed by atoms with van der Waals surface area (Å²) in [4.78, 5) is 12.6. The highest BCUT2D eigenvalue weighted by molar-refractivity contribution is 5.71. The van der Waals surface area contributed by atoms with Gasteiger partial charge in [-0.05, 0) is 47.0 Å². The van der Waals surface area contributed by atoms with E-state index in [2.05, 4.69) is 0 Å². The highest BCUT2D eigenvalue weighted by Gasteiger charge is 2.46. The summed E-state index contributed by atoms with van der Waals surface area (Å²) >= 11 is 0. The number of carboxylic acid groups (broad SMARTS) is 1. The maximum absolute atomic E-state index is 10.9. The fraction of sp³-hybridized carbons (Fsp3) is 0.909. The zero-order valence-corrected chi connectivity index (χ0v) is 9.95. The van der Waals surface area contributed by atoms with Gasteiger partial charge in [-0.25, -0.2) is 4.79 Å². The van der Waals surface area contributed by atoms with Gasteiger partial charge in [0.15, 0.2) is 0 Å². The van der Waals surface area contributed by atoms with Gasteiger partial charge < -0.3 is 10.2 Å². The largest absolute Gasteiger partial charge is 0.478 e. The van der Waals surface area contributed by atoms with E-state index < -0.39 is 12.2 Å². The summed E-state index contributed by atoms with van der Waals surface area (Å²) in [6.45, 7) is 7.94. The topological polar surface area (TPSA) is 60.8 Å². The Hall–Kier alpha value is -0.610. The van der Waals surface area contributed by atoms with Gasteiger partial charge in [-0.3, -0.25) is 4.90 Å². The monoisotopic (exact) mass is 215 g/mol. The average Bonchev–Trinajstić information content (AvgIpc) is 1.99. The number of hydrogen-bond acceptors (Lipinski definition) is 3. The molecular weight excluding hydrogens is 194 g/mol. The second kappa shape index (κ2) is 3.76. The summed E-state index contributed by atoms with van der Waals surface area (Å²) < 4.78 is 0. The molecule has 1 atom stereocenters. The first-order valence-corrected chi connectivity index (χ1v) is 5.39. The molecule has 1 aliphatic rings. The van der Waals surface area contributed by atoms with Crippen LogP contribution in [0.15, 0.2) is 0 Å². The average molecular weight is 215 g/mol. The number of aliphatic hydroxyl groups is 1. The maximum atomic E-state index is 10.9. The molecule has 0 radical (unpaired) electrons. The van der Waals surface area contributed by atoms with Crippen molar-refractivity contribution in [3.8, 4) is 0 Å². The van der Waals surface area contributed by atoms with Crippen LogP contribution in [0.25, 0.3) is 0 Å². The van der Waals surface area contributed by atoms with Crippen molar-refractivity contribution in [2.45, 2.75) is 64.3 Å². The lowest BCUT2D eigenvalue weighted by atomic mass is 9.79. The molecule has 15 heavy (non-hydrogen) atoms. The summed E-state index contributed by atoms with van der Waals surface area (Å²) in [5, 5.41) is 18.7. The molecule has 1 aliphatic heterocycles. The van der Waals surface area contributed by atoms with Gasteiger partial charge in [0.2, 0.25) is 6.23 Å². The third-order valence-electron chi connectivity index (χ3n) is 3.35. The van der Waals surface area contributed by atoms with Crippen molar-refractivity contribution in [1.82, 2.24) is 4.90 Å². The molecule has 4 heteroatoms. The van der Waals surface area contributed by atoms with E-state index in [1.165, 1.54) is 0 Å². The Morgan fingerprint density at radius 1 is 1.20 bits per heavy atom. The van der Waals surface area contributed by atoms with Crippen LogP contribution in [0.1, 0.15) is 47.0 Å². The molecule has 0 amide bonds. The Kier molecular flexibility index (Phi) is 3.12. The molecule has 1 heterocycles. The van der Waals surface area contributed by atoms with Gasteiger partial charge in [0.25, 0.3) is 0 Å². The molecule has 2 N–H and O–H groups in total. The predicted octanol–water partition coefficient (Wildman–Crippen LogP) is 1.43. The number of aliphatic hydroxyl groups excluding tert-OH is 1. The fourth-order valence-electron chi connectivity index (χ4n) is 2.79. The maximum Gasteiger partial charge on any atom is 0.348 e. The van der Waals surface area contributed by atoms with E-state index >= 15 is 0 Å². The standard InChI is InChI=1S/C11H21NO3/c1-10(2)6-5-7-11(3,4)12(10)8(13)9(14)15/h8,13H,5-7H2,1-4H3,(H,14,15). The molecule has 1 saturated heterocycles. The smallest absolute Gasteiger partial charge is 0.348 e. The van der Waals surface area contributed by atoms with E-state index in [0.29, 0.717) is 0 Å². The fourth-order valence-corrected chi connectivity index (χ4v) is 2.79. The number of likely N-dealkylation sites (tertiary alicyclic amines) is 1. The van der Waals surface area contributed by atoms with Crippen molar-refractivity contribution in [2.75, 3.05) is 0 Å². The second-order valence-electron chi connectivity index (χ2n) is 5.56. The van der Waals surface area contributed by atoms with Crippen molar-refractivity contribution in [3.05, 3.63) is 0 Å². The summed E-state index contributed by atoms with van der Waals surface area (Å²) in [5.74, 6) is -1.17. The van der Waals surface area contributed by atoms with Crippen LogP contribution in [0.5, 0.6) is 0 Å². The quantitative estimate of drug-likeness (QED) is 0.731. The minimum atomic E-state index is -1.41. The molecule has 0 aromatic carbocycles. The summed E-state index contributed by atoms with van der Waals surface area (Å²) in [6.07, 6.45) is 1.50. The van der Waals surface area contributed by atoms with E-state index in [9.17, 15) is 9.90 Å². The number of aliphatic carboxylic acids is 1. The Morgan fingerprint density at radius 2 is 1.60 bits per heavy atom. The number of carboxylic acids is 1. The van der Waals surface area contributed by atoms with Crippen LogP contribution in [0.4, 0.5) is 0 Å². The molecule has 88 valence electrons. The Bertz CT molecular complexity index is 245. The Morgan fingerprint density at radius 3 is 1.93 bits per heavy atom. The third-order valence-corrected chi connectivity index (χ3v) is 3.35. The van der Waals surface area contributed by atoms with Gasteiger partial charge >= 0.3 is 5.97 Å². The minimum absolute atomic E-state index is 0.264. The summed E-state index contributed by atoms with van der Waals surface area (Å²) in [5.41, 5.74) is -0.529. The van der Waals surface area contributed by atoms with Crippen LogP contribution in [-0.2, 0) is 4.79 Å². The van der Waals surface area contributed by atoms with Crippen LogP contribution >= 0.6 is 0 Å². The van der Waals surface area contributed by atoms with Crippen molar-refractivity contribution in [1.29, 1.82) is 0 Å². The molecule has 1 unspecified atom stereocenters. The van der Waals surface area contributed by atoms with Gasteiger partial charge in [0.05, 0.1) is 0 Å². The first-order chi connectivity index (χ1) is 6.68. The first kappa shape index (κ1) is 12.5. The van der Waals surface area contributed by atoms with E-state index in [-0.39, 0.29) is 11.1 Å². The highest BCUT2D eigenvalue weighted by Crippen LogP contribution is 2.39. The van der Waals surface area contributed by atoms with Gasteiger partial charge in [-0.15, -0.1) is 0 Å². The number of carbonyl (C=O) groups is 1. The van der Waals surface area contributed by atoms with Gasteiger partial charge in [0.1, 0.15) is 0 Å². The Balaban J connectivity index is 3.01. The van der Waals surface area contributed by atoms with Crippen molar-refractivity contribution in [2.24, 2.45) is 0 Å². The van der Waals surface area contributed by atoms with Crippen LogP contribution in [-0.4, -0.2) is 38.4 Å². The zero-order valence-electron chi connectivity index (χ0n) is 9.95. The highest BCUT2D eigenvalue weighted by atomic mass is 16.4. The minimum Gasteiger partial charge on any atom is -0.478 e. The molecule has 4 nitrogen and oxygen atoms in total. The molecule has 0 saturated carbocycles. The lowest BCUT2D eigenvalue weighted by Crippen LogP contribution is -2.64. The molecule has 0 aliphatic carbocycles. The molecule has 0 aromatic heterocycles. The number of piperidine rings is 1. The summed E-state index contributed by atoms with van der Waals surface area (Å²) in [7, 11) is 0. The van der Waals surface area contributed by atoms with Crippen molar-refractivity contribution in [3.63, 3.8) is 0 Å². The van der Waals surface area contributed by atoms with E-state index in [1.54, 1.807) is 4.90 Å². The first-order valence-electron chi connectivity index (χ1n) is 5.39. The third kappa shape index (κ3) is 2.32. The zero-order chi connectivity index (χ0) is 11.9. The van der Waals surface area contributed by atoms with E-state index in [0.717, 1.165) is 19.3 Å². The van der Waals surface area contributed by atoms with E-state index in [4.69, 9.17) is 5.11 Å². The van der Waals surface area contributed by atoms with Crippen LogP contribution < -0.4 is 0 Å². The van der Waals surface area contributed by atoms with Crippen molar-refractivity contribution < 1.29 is 15.0 Å². The number of rotatable bonds is 2. The van der Waals surface area contributed by atoms with Crippen LogP contribution in [0.2, 0.25) is 0 Å². The van der Waals surface area contributed by atoms with Gasteiger partial charge in [0, 0.05) is 11.1 Å². The lowest BCUT2D eigenvalue weighted by molar-refractivity contribution is -0.182.